The molecule has 1 saturated heterocycles. The number of hydrogen-bond acceptors (Lipinski definition) is 5. The van der Waals surface area contributed by atoms with Gasteiger partial charge in [-0.1, -0.05) is 43.5 Å². The SMILES string of the molecule is CCCCCN1C(=O)C(=O)/C(=C(\O)c2ccc(Cl)c(OCC)c2)C1c1cccc(O)c1. The number of benzene rings is 2. The van der Waals surface area contributed by atoms with Crippen LogP contribution in [0.15, 0.2) is 48.0 Å². The van der Waals surface area contributed by atoms with Crippen LogP contribution in [-0.4, -0.2) is 40.0 Å². The highest BCUT2D eigenvalue weighted by atomic mass is 35.5. The molecular formula is C24H26ClNO5. The minimum absolute atomic E-state index is 0.0155. The van der Waals surface area contributed by atoms with Crippen LogP contribution in [0.1, 0.15) is 50.3 Å². The molecule has 0 aromatic heterocycles. The summed E-state index contributed by atoms with van der Waals surface area (Å²) in [6, 6.07) is 10.3. The molecule has 1 amide bonds. The molecule has 1 aliphatic rings. The van der Waals surface area contributed by atoms with Crippen molar-refractivity contribution in [2.75, 3.05) is 13.2 Å². The van der Waals surface area contributed by atoms with Gasteiger partial charge in [0.1, 0.15) is 17.3 Å². The van der Waals surface area contributed by atoms with E-state index < -0.39 is 17.7 Å². The van der Waals surface area contributed by atoms with Gasteiger partial charge in [-0.2, -0.15) is 0 Å². The summed E-state index contributed by atoms with van der Waals surface area (Å²) in [5, 5.41) is 21.5. The Morgan fingerprint density at radius 2 is 1.90 bits per heavy atom. The Morgan fingerprint density at radius 1 is 1.13 bits per heavy atom. The van der Waals surface area contributed by atoms with Crippen molar-refractivity contribution in [1.29, 1.82) is 0 Å². The van der Waals surface area contributed by atoms with Crippen molar-refractivity contribution in [2.45, 2.75) is 39.2 Å². The van der Waals surface area contributed by atoms with Crippen LogP contribution >= 0.6 is 11.6 Å². The third-order valence-electron chi connectivity index (χ3n) is 5.23. The first-order valence-electron chi connectivity index (χ1n) is 10.4. The Hall–Kier alpha value is -2.99. The number of halogens is 1. The number of ketones is 1. The lowest BCUT2D eigenvalue weighted by Gasteiger charge is -2.25. The second-order valence-corrected chi connectivity index (χ2v) is 7.78. The van der Waals surface area contributed by atoms with Crippen molar-refractivity contribution in [3.05, 3.63) is 64.2 Å². The molecule has 0 saturated carbocycles. The zero-order valence-corrected chi connectivity index (χ0v) is 18.4. The molecule has 1 unspecified atom stereocenters. The summed E-state index contributed by atoms with van der Waals surface area (Å²) in [7, 11) is 0. The molecule has 31 heavy (non-hydrogen) atoms. The summed E-state index contributed by atoms with van der Waals surface area (Å²) in [5.74, 6) is -1.33. The first kappa shape index (κ1) is 22.7. The third kappa shape index (κ3) is 4.69. The van der Waals surface area contributed by atoms with Crippen LogP contribution in [-0.2, 0) is 9.59 Å². The van der Waals surface area contributed by atoms with Crippen LogP contribution in [0.3, 0.4) is 0 Å². The normalized spacial score (nSPS) is 17.9. The van der Waals surface area contributed by atoms with E-state index in [1.807, 2.05) is 6.92 Å². The molecule has 2 aromatic rings. The van der Waals surface area contributed by atoms with Gasteiger partial charge >= 0.3 is 0 Å². The summed E-state index contributed by atoms with van der Waals surface area (Å²) in [5.41, 5.74) is 0.859. The van der Waals surface area contributed by atoms with Crippen molar-refractivity contribution < 1.29 is 24.5 Å². The maximum absolute atomic E-state index is 13.0. The number of carbonyl (C=O) groups excluding carboxylic acids is 2. The van der Waals surface area contributed by atoms with E-state index in [1.165, 1.54) is 17.0 Å². The van der Waals surface area contributed by atoms with E-state index in [1.54, 1.807) is 30.3 Å². The largest absolute Gasteiger partial charge is 0.508 e. The molecule has 3 rings (SSSR count). The van der Waals surface area contributed by atoms with E-state index in [0.29, 0.717) is 35.1 Å². The Labute approximate surface area is 186 Å². The smallest absolute Gasteiger partial charge is 0.295 e. The van der Waals surface area contributed by atoms with Crippen molar-refractivity contribution >= 4 is 29.1 Å². The van der Waals surface area contributed by atoms with E-state index >= 15 is 0 Å². The van der Waals surface area contributed by atoms with Crippen LogP contribution < -0.4 is 4.74 Å². The number of carbonyl (C=O) groups is 2. The van der Waals surface area contributed by atoms with E-state index in [0.717, 1.165) is 19.3 Å². The summed E-state index contributed by atoms with van der Waals surface area (Å²) in [4.78, 5) is 27.3. The van der Waals surface area contributed by atoms with Gasteiger partial charge in [-0.05, 0) is 49.2 Å². The Balaban J connectivity index is 2.14. The topological polar surface area (TPSA) is 87.1 Å². The fourth-order valence-corrected chi connectivity index (χ4v) is 3.93. The predicted octanol–water partition coefficient (Wildman–Crippen LogP) is 5.06. The van der Waals surface area contributed by atoms with Crippen molar-refractivity contribution in [1.82, 2.24) is 4.90 Å². The molecule has 7 heteroatoms. The number of ether oxygens (including phenoxy) is 1. The van der Waals surface area contributed by atoms with E-state index in [-0.39, 0.29) is 17.1 Å². The first-order valence-corrected chi connectivity index (χ1v) is 10.8. The zero-order chi connectivity index (χ0) is 22.5. The van der Waals surface area contributed by atoms with Gasteiger partial charge in [-0.3, -0.25) is 9.59 Å². The number of nitrogens with zero attached hydrogens (tertiary/aromatic N) is 1. The molecule has 0 bridgehead atoms. The molecule has 164 valence electrons. The standard InChI is InChI=1S/C24H26ClNO5/c1-3-5-6-12-26-21(15-8-7-9-17(27)13-15)20(23(29)24(26)30)22(28)16-10-11-18(25)19(14-16)31-4-2/h7-11,13-14,21,27-28H,3-6,12H2,1-2H3/b22-20-. The van der Waals surface area contributed by atoms with Gasteiger partial charge < -0.3 is 19.8 Å². The molecule has 0 spiro atoms. The summed E-state index contributed by atoms with van der Waals surface area (Å²) >= 11 is 6.15. The maximum atomic E-state index is 13.0. The average Bonchev–Trinajstić information content (AvgIpc) is 3.00. The maximum Gasteiger partial charge on any atom is 0.295 e. The summed E-state index contributed by atoms with van der Waals surface area (Å²) in [6.45, 7) is 4.62. The summed E-state index contributed by atoms with van der Waals surface area (Å²) < 4.78 is 5.49. The van der Waals surface area contributed by atoms with Gasteiger partial charge in [0.05, 0.1) is 23.2 Å². The fourth-order valence-electron chi connectivity index (χ4n) is 3.76. The Kier molecular flexibility index (Phi) is 7.23. The van der Waals surface area contributed by atoms with Crippen LogP contribution in [0.25, 0.3) is 5.76 Å². The van der Waals surface area contributed by atoms with Gasteiger partial charge in [0, 0.05) is 12.1 Å². The first-order chi connectivity index (χ1) is 14.9. The van der Waals surface area contributed by atoms with Crippen molar-refractivity contribution in [2.24, 2.45) is 0 Å². The van der Waals surface area contributed by atoms with Crippen LogP contribution in [0.4, 0.5) is 0 Å². The summed E-state index contributed by atoms with van der Waals surface area (Å²) in [6.07, 6.45) is 2.60. The molecule has 2 N–H and O–H groups in total. The van der Waals surface area contributed by atoms with Gasteiger partial charge in [0.2, 0.25) is 0 Å². The number of hydrogen-bond donors (Lipinski definition) is 2. The number of unbranched alkanes of at least 4 members (excludes halogenated alkanes) is 2. The van der Waals surface area contributed by atoms with E-state index in [2.05, 4.69) is 6.92 Å². The molecule has 2 aromatic carbocycles. The lowest BCUT2D eigenvalue weighted by Crippen LogP contribution is -2.30. The second kappa shape index (κ2) is 9.88. The number of phenolic OH excluding ortho intramolecular Hbond substituents is 1. The number of aliphatic hydroxyl groups is 1. The predicted molar refractivity (Wildman–Crippen MR) is 119 cm³/mol. The van der Waals surface area contributed by atoms with Crippen LogP contribution in [0.5, 0.6) is 11.5 Å². The van der Waals surface area contributed by atoms with Gasteiger partial charge in [0.25, 0.3) is 11.7 Å². The molecule has 0 radical (unpaired) electrons. The Bertz CT molecular complexity index is 1020. The average molecular weight is 444 g/mol. The number of likely N-dealkylation sites (tertiary alicyclic amines) is 1. The number of Topliss-reactive ketones (excluding diaryl/α,β-unsaturated/α-hetero) is 1. The molecule has 6 nitrogen and oxygen atoms in total. The molecule has 1 atom stereocenters. The number of rotatable bonds is 8. The van der Waals surface area contributed by atoms with Crippen molar-refractivity contribution in [3.8, 4) is 11.5 Å². The highest BCUT2D eigenvalue weighted by Crippen LogP contribution is 2.41. The highest BCUT2D eigenvalue weighted by Gasteiger charge is 2.45. The molecule has 1 aliphatic heterocycles. The quantitative estimate of drug-likeness (QED) is 0.258. The van der Waals surface area contributed by atoms with Gasteiger partial charge in [0.15, 0.2) is 0 Å². The molecule has 1 heterocycles. The Morgan fingerprint density at radius 3 is 2.58 bits per heavy atom. The van der Waals surface area contributed by atoms with Crippen LogP contribution in [0.2, 0.25) is 5.02 Å². The van der Waals surface area contributed by atoms with Crippen molar-refractivity contribution in [3.63, 3.8) is 0 Å². The highest BCUT2D eigenvalue weighted by molar-refractivity contribution is 6.46. The minimum Gasteiger partial charge on any atom is -0.508 e. The molecule has 0 aliphatic carbocycles. The number of phenols is 1. The fraction of sp³-hybridized carbons (Fsp3) is 0.333. The third-order valence-corrected chi connectivity index (χ3v) is 5.55. The van der Waals surface area contributed by atoms with Gasteiger partial charge in [-0.25, -0.2) is 0 Å². The van der Waals surface area contributed by atoms with Crippen LogP contribution in [0, 0.1) is 0 Å². The lowest BCUT2D eigenvalue weighted by atomic mass is 9.95. The number of aromatic hydroxyl groups is 1. The molecule has 1 fully saturated rings. The number of aliphatic hydroxyl groups excluding tert-OH is 1. The lowest BCUT2D eigenvalue weighted by molar-refractivity contribution is -0.139. The molecular weight excluding hydrogens is 418 g/mol. The van der Waals surface area contributed by atoms with E-state index in [4.69, 9.17) is 16.3 Å². The monoisotopic (exact) mass is 443 g/mol. The zero-order valence-electron chi connectivity index (χ0n) is 17.6. The number of amides is 1. The van der Waals surface area contributed by atoms with Gasteiger partial charge in [-0.15, -0.1) is 0 Å². The second-order valence-electron chi connectivity index (χ2n) is 7.37. The van der Waals surface area contributed by atoms with E-state index in [9.17, 15) is 19.8 Å². The minimum atomic E-state index is -0.796.